The van der Waals surface area contributed by atoms with Gasteiger partial charge in [-0.1, -0.05) is 103 Å². The molecule has 1 aliphatic rings. The van der Waals surface area contributed by atoms with Gasteiger partial charge in [0, 0.05) is 5.92 Å². The van der Waals surface area contributed by atoms with Gasteiger partial charge < -0.3 is 14.2 Å². The lowest BCUT2D eigenvalue weighted by atomic mass is 9.89. The Balaban J connectivity index is 1.39. The van der Waals surface area contributed by atoms with Gasteiger partial charge in [-0.15, -0.1) is 0 Å². The van der Waals surface area contributed by atoms with E-state index in [1.807, 2.05) is 54.6 Å². The van der Waals surface area contributed by atoms with Crippen LogP contribution in [0.15, 0.2) is 103 Å². The molecule has 3 aromatic carbocycles. The van der Waals surface area contributed by atoms with Crippen LogP contribution in [0.4, 0.5) is 0 Å². The molecule has 4 rings (SSSR count). The van der Waals surface area contributed by atoms with Crippen molar-refractivity contribution in [2.75, 3.05) is 6.61 Å². The molecule has 3 nitrogen and oxygen atoms in total. The highest BCUT2D eigenvalue weighted by atomic mass is 16.5. The van der Waals surface area contributed by atoms with Crippen LogP contribution in [-0.2, 0) is 34.0 Å². The molecule has 0 N–H and O–H groups in total. The van der Waals surface area contributed by atoms with Crippen molar-refractivity contribution >= 4 is 0 Å². The Kier molecular flexibility index (Phi) is 8.06. The average molecular weight is 415 g/mol. The summed E-state index contributed by atoms with van der Waals surface area (Å²) in [5.74, 6) is 0.248. The number of rotatable bonds is 10. The van der Waals surface area contributed by atoms with E-state index in [4.69, 9.17) is 14.2 Å². The van der Waals surface area contributed by atoms with E-state index in [-0.39, 0.29) is 18.1 Å². The van der Waals surface area contributed by atoms with Crippen molar-refractivity contribution in [1.82, 2.24) is 0 Å². The fourth-order valence-electron chi connectivity index (χ4n) is 3.88. The first kappa shape index (κ1) is 21.5. The van der Waals surface area contributed by atoms with Crippen molar-refractivity contribution in [2.24, 2.45) is 5.92 Å². The van der Waals surface area contributed by atoms with Crippen LogP contribution in [0.25, 0.3) is 0 Å². The minimum absolute atomic E-state index is 0.0512. The fourth-order valence-corrected chi connectivity index (χ4v) is 3.88. The molecule has 31 heavy (non-hydrogen) atoms. The molecule has 0 saturated heterocycles. The number of allylic oxidation sites excluding steroid dienone is 1. The van der Waals surface area contributed by atoms with Crippen LogP contribution in [0, 0.1) is 5.92 Å². The van der Waals surface area contributed by atoms with Crippen molar-refractivity contribution in [3.8, 4) is 0 Å². The molecule has 0 heterocycles. The Hall–Kier alpha value is -2.72. The second kappa shape index (κ2) is 11.6. The zero-order chi connectivity index (χ0) is 21.1. The van der Waals surface area contributed by atoms with Crippen LogP contribution in [0.2, 0.25) is 0 Å². The Bertz CT molecular complexity index is 909. The minimum atomic E-state index is -0.0945. The molecule has 3 atom stereocenters. The smallest absolute Gasteiger partial charge is 0.103 e. The Morgan fingerprint density at radius 1 is 0.613 bits per heavy atom. The first-order valence-electron chi connectivity index (χ1n) is 11.0. The third kappa shape index (κ3) is 6.63. The monoisotopic (exact) mass is 414 g/mol. The van der Waals surface area contributed by atoms with Crippen molar-refractivity contribution in [2.45, 2.75) is 38.4 Å². The topological polar surface area (TPSA) is 27.7 Å². The van der Waals surface area contributed by atoms with Crippen LogP contribution in [0.1, 0.15) is 23.1 Å². The molecule has 160 valence electrons. The van der Waals surface area contributed by atoms with Gasteiger partial charge in [-0.25, -0.2) is 0 Å². The summed E-state index contributed by atoms with van der Waals surface area (Å²) in [6.45, 7) is 2.39. The van der Waals surface area contributed by atoms with Gasteiger partial charge in [-0.05, 0) is 23.1 Å². The van der Waals surface area contributed by atoms with Gasteiger partial charge in [0.15, 0.2) is 0 Å². The standard InChI is InChI=1S/C28H30O3/c1-4-11-23(12-5-1)19-29-22-26-17-10-18-27(30-20-24-13-6-2-7-14-24)28(26)31-21-25-15-8-3-9-16-25/h1-16,18,26-28H,17,19-22H2/t26?,27-,28+/m1/s1. The lowest BCUT2D eigenvalue weighted by molar-refractivity contribution is -0.109. The third-order valence-electron chi connectivity index (χ3n) is 5.57. The molecule has 0 bridgehead atoms. The third-order valence-corrected chi connectivity index (χ3v) is 5.57. The maximum Gasteiger partial charge on any atom is 0.103 e. The fraction of sp³-hybridized carbons (Fsp3) is 0.286. The normalized spacial score (nSPS) is 20.6. The van der Waals surface area contributed by atoms with Gasteiger partial charge in [0.2, 0.25) is 0 Å². The molecule has 0 radical (unpaired) electrons. The van der Waals surface area contributed by atoms with Crippen LogP contribution in [0.5, 0.6) is 0 Å². The second-order valence-corrected chi connectivity index (χ2v) is 7.95. The summed E-state index contributed by atoms with van der Waals surface area (Å²) in [5, 5.41) is 0. The molecular formula is C28H30O3. The first-order chi connectivity index (χ1) is 15.4. The van der Waals surface area contributed by atoms with E-state index >= 15 is 0 Å². The SMILES string of the molecule is C1=C[C@@H](OCc2ccccc2)[C@@H](OCc2ccccc2)C(COCc2ccccc2)C1. The van der Waals surface area contributed by atoms with E-state index in [1.165, 1.54) is 16.7 Å². The highest BCUT2D eigenvalue weighted by Gasteiger charge is 2.32. The zero-order valence-electron chi connectivity index (χ0n) is 17.8. The second-order valence-electron chi connectivity index (χ2n) is 7.95. The lowest BCUT2D eigenvalue weighted by Gasteiger charge is -2.34. The summed E-state index contributed by atoms with van der Waals surface area (Å²) in [4.78, 5) is 0. The summed E-state index contributed by atoms with van der Waals surface area (Å²) >= 11 is 0. The van der Waals surface area contributed by atoms with E-state index in [9.17, 15) is 0 Å². The van der Waals surface area contributed by atoms with Crippen LogP contribution in [0.3, 0.4) is 0 Å². The minimum Gasteiger partial charge on any atom is -0.376 e. The van der Waals surface area contributed by atoms with Gasteiger partial charge in [0.05, 0.1) is 32.5 Å². The van der Waals surface area contributed by atoms with Gasteiger partial charge in [-0.2, -0.15) is 0 Å². The van der Waals surface area contributed by atoms with Crippen LogP contribution >= 0.6 is 0 Å². The summed E-state index contributed by atoms with van der Waals surface area (Å²) in [5.41, 5.74) is 3.52. The molecular weight excluding hydrogens is 384 g/mol. The largest absolute Gasteiger partial charge is 0.376 e. The van der Waals surface area contributed by atoms with Crippen molar-refractivity contribution in [3.63, 3.8) is 0 Å². The molecule has 0 spiro atoms. The van der Waals surface area contributed by atoms with E-state index in [0.29, 0.717) is 26.4 Å². The molecule has 1 unspecified atom stereocenters. The van der Waals surface area contributed by atoms with Crippen LogP contribution in [-0.4, -0.2) is 18.8 Å². The predicted octanol–water partition coefficient (Wildman–Crippen LogP) is 5.95. The summed E-state index contributed by atoms with van der Waals surface area (Å²) in [6, 6.07) is 30.9. The van der Waals surface area contributed by atoms with Gasteiger partial charge in [0.1, 0.15) is 6.10 Å². The van der Waals surface area contributed by atoms with Crippen molar-refractivity contribution in [1.29, 1.82) is 0 Å². The molecule has 0 fully saturated rings. The molecule has 3 aromatic rings. The van der Waals surface area contributed by atoms with Gasteiger partial charge in [-0.3, -0.25) is 0 Å². The van der Waals surface area contributed by atoms with E-state index in [2.05, 4.69) is 48.6 Å². The number of hydrogen-bond acceptors (Lipinski definition) is 3. The Labute approximate surface area is 185 Å². The number of ether oxygens (including phenoxy) is 3. The molecule has 0 aliphatic heterocycles. The maximum absolute atomic E-state index is 6.43. The van der Waals surface area contributed by atoms with E-state index < -0.39 is 0 Å². The average Bonchev–Trinajstić information content (AvgIpc) is 2.84. The summed E-state index contributed by atoms with van der Waals surface area (Å²) in [7, 11) is 0. The lowest BCUT2D eigenvalue weighted by Crippen LogP contribution is -2.41. The molecule has 3 heteroatoms. The quantitative estimate of drug-likeness (QED) is 0.384. The highest BCUT2D eigenvalue weighted by molar-refractivity contribution is 5.16. The van der Waals surface area contributed by atoms with Gasteiger partial charge in [0.25, 0.3) is 0 Å². The molecule has 1 aliphatic carbocycles. The van der Waals surface area contributed by atoms with Crippen molar-refractivity contribution < 1.29 is 14.2 Å². The first-order valence-corrected chi connectivity index (χ1v) is 11.0. The highest BCUT2D eigenvalue weighted by Crippen LogP contribution is 2.27. The number of hydrogen-bond donors (Lipinski definition) is 0. The summed E-state index contributed by atoms with van der Waals surface area (Å²) < 4.78 is 18.8. The molecule has 0 amide bonds. The number of benzene rings is 3. The molecule has 0 aromatic heterocycles. The van der Waals surface area contributed by atoms with E-state index in [0.717, 1.165) is 6.42 Å². The molecule has 0 saturated carbocycles. The van der Waals surface area contributed by atoms with Gasteiger partial charge >= 0.3 is 0 Å². The Morgan fingerprint density at radius 3 is 1.71 bits per heavy atom. The zero-order valence-corrected chi connectivity index (χ0v) is 17.8. The van der Waals surface area contributed by atoms with Crippen LogP contribution < -0.4 is 0 Å². The Morgan fingerprint density at radius 2 is 1.13 bits per heavy atom. The van der Waals surface area contributed by atoms with Crippen molar-refractivity contribution in [3.05, 3.63) is 120 Å². The van der Waals surface area contributed by atoms with E-state index in [1.54, 1.807) is 0 Å². The summed E-state index contributed by atoms with van der Waals surface area (Å²) in [6.07, 6.45) is 5.13. The maximum atomic E-state index is 6.43. The predicted molar refractivity (Wildman–Crippen MR) is 123 cm³/mol.